The second kappa shape index (κ2) is 7.90. The topological polar surface area (TPSA) is 84.6 Å². The zero-order chi connectivity index (χ0) is 16.9. The van der Waals surface area contributed by atoms with E-state index in [2.05, 4.69) is 15.1 Å². The Hall–Kier alpha value is -1.73. The van der Waals surface area contributed by atoms with Gasteiger partial charge in [0.15, 0.2) is 5.82 Å². The van der Waals surface area contributed by atoms with Crippen LogP contribution in [0.15, 0.2) is 18.3 Å². The molecule has 0 aliphatic carbocycles. The fraction of sp³-hybridized carbons (Fsp3) is 0.706. The maximum Gasteiger partial charge on any atom is 0.239 e. The first-order chi connectivity index (χ1) is 11.7. The molecule has 132 valence electrons. The molecule has 2 fully saturated rings. The van der Waals surface area contributed by atoms with Crippen LogP contribution in [0.5, 0.6) is 0 Å². The summed E-state index contributed by atoms with van der Waals surface area (Å²) in [6, 6.07) is 3.59. The van der Waals surface area contributed by atoms with Crippen LogP contribution in [0.1, 0.15) is 25.7 Å². The van der Waals surface area contributed by atoms with Crippen LogP contribution < -0.4 is 10.6 Å². The minimum Gasteiger partial charge on any atom is -0.381 e. The number of amides is 1. The average Bonchev–Trinajstić information content (AvgIpc) is 2.67. The summed E-state index contributed by atoms with van der Waals surface area (Å²) >= 11 is 0. The Morgan fingerprint density at radius 1 is 1.42 bits per heavy atom. The number of carbonyl (C=O) groups is 1. The van der Waals surface area contributed by atoms with E-state index in [1.165, 1.54) is 0 Å². The first-order valence-corrected chi connectivity index (χ1v) is 8.79. The molecule has 0 bridgehead atoms. The van der Waals surface area contributed by atoms with Crippen LogP contribution in [-0.2, 0) is 9.53 Å². The van der Waals surface area contributed by atoms with E-state index in [9.17, 15) is 4.79 Å². The van der Waals surface area contributed by atoms with Crippen molar-refractivity contribution in [1.82, 2.24) is 15.1 Å². The van der Waals surface area contributed by atoms with Crippen LogP contribution >= 0.6 is 0 Å². The van der Waals surface area contributed by atoms with E-state index in [1.54, 1.807) is 6.20 Å². The Labute approximate surface area is 143 Å². The zero-order valence-corrected chi connectivity index (χ0v) is 14.3. The summed E-state index contributed by atoms with van der Waals surface area (Å²) < 4.78 is 5.37. The third-order valence-electron chi connectivity index (χ3n) is 5.23. The van der Waals surface area contributed by atoms with Gasteiger partial charge in [-0.25, -0.2) is 0 Å². The van der Waals surface area contributed by atoms with Crippen LogP contribution in [0.25, 0.3) is 0 Å². The molecular formula is C17H27N5O2. The predicted octanol–water partition coefficient (Wildman–Crippen LogP) is 0.658. The van der Waals surface area contributed by atoms with Gasteiger partial charge in [0.1, 0.15) is 0 Å². The lowest BCUT2D eigenvalue weighted by Crippen LogP contribution is -2.55. The molecule has 2 saturated heterocycles. The molecule has 1 aromatic heterocycles. The van der Waals surface area contributed by atoms with Crippen LogP contribution in [0.4, 0.5) is 5.82 Å². The van der Waals surface area contributed by atoms with Crippen LogP contribution in [-0.4, -0.2) is 66.4 Å². The fourth-order valence-corrected chi connectivity index (χ4v) is 3.63. The summed E-state index contributed by atoms with van der Waals surface area (Å²) in [6.07, 6.45) is 5.45. The average molecular weight is 333 g/mol. The largest absolute Gasteiger partial charge is 0.381 e. The molecule has 7 heteroatoms. The highest BCUT2D eigenvalue weighted by molar-refractivity contribution is 5.82. The van der Waals surface area contributed by atoms with Gasteiger partial charge in [-0.3, -0.25) is 4.79 Å². The van der Waals surface area contributed by atoms with Gasteiger partial charge in [0.25, 0.3) is 0 Å². The molecule has 0 radical (unpaired) electrons. The Morgan fingerprint density at radius 2 is 2.21 bits per heavy atom. The molecule has 0 aromatic carbocycles. The van der Waals surface area contributed by atoms with Crippen molar-refractivity contribution in [2.45, 2.75) is 37.8 Å². The number of carbonyl (C=O) groups excluding carboxylic acids is 1. The van der Waals surface area contributed by atoms with Crippen molar-refractivity contribution in [3.63, 3.8) is 0 Å². The van der Waals surface area contributed by atoms with Crippen LogP contribution in [0, 0.1) is 5.92 Å². The minimum absolute atomic E-state index is 0.0490. The monoisotopic (exact) mass is 333 g/mol. The molecule has 1 amide bonds. The number of likely N-dealkylation sites (N-methyl/N-ethyl adjacent to an activating group) is 1. The molecule has 24 heavy (non-hydrogen) atoms. The molecule has 2 aliphatic rings. The normalized spacial score (nSPS) is 23.8. The summed E-state index contributed by atoms with van der Waals surface area (Å²) in [5, 5.41) is 8.13. The quantitative estimate of drug-likeness (QED) is 0.871. The van der Waals surface area contributed by atoms with Crippen molar-refractivity contribution in [1.29, 1.82) is 0 Å². The van der Waals surface area contributed by atoms with Crippen molar-refractivity contribution in [2.24, 2.45) is 11.7 Å². The smallest absolute Gasteiger partial charge is 0.239 e. The van der Waals surface area contributed by atoms with Crippen LogP contribution in [0.2, 0.25) is 0 Å². The lowest BCUT2D eigenvalue weighted by molar-refractivity contribution is -0.135. The third kappa shape index (κ3) is 3.84. The number of nitrogens with zero attached hydrogens (tertiary/aromatic N) is 4. The van der Waals surface area contributed by atoms with E-state index in [0.717, 1.165) is 44.6 Å². The van der Waals surface area contributed by atoms with Crippen molar-refractivity contribution in [2.75, 3.05) is 38.3 Å². The van der Waals surface area contributed by atoms with Crippen molar-refractivity contribution < 1.29 is 9.53 Å². The number of anilines is 1. The highest BCUT2D eigenvalue weighted by Crippen LogP contribution is 2.23. The zero-order valence-electron chi connectivity index (χ0n) is 14.3. The molecule has 2 unspecified atom stereocenters. The van der Waals surface area contributed by atoms with Gasteiger partial charge in [-0.2, -0.15) is 5.10 Å². The highest BCUT2D eigenvalue weighted by atomic mass is 16.5. The van der Waals surface area contributed by atoms with Gasteiger partial charge < -0.3 is 20.3 Å². The van der Waals surface area contributed by atoms with E-state index in [4.69, 9.17) is 10.5 Å². The maximum absolute atomic E-state index is 12.8. The van der Waals surface area contributed by atoms with Gasteiger partial charge in [-0.1, -0.05) is 0 Å². The third-order valence-corrected chi connectivity index (χ3v) is 5.23. The van der Waals surface area contributed by atoms with Gasteiger partial charge in [0.2, 0.25) is 5.91 Å². The Kier molecular flexibility index (Phi) is 5.63. The molecule has 2 aliphatic heterocycles. The number of hydrogen-bond donors (Lipinski definition) is 1. The van der Waals surface area contributed by atoms with Crippen molar-refractivity contribution in [3.8, 4) is 0 Å². The number of piperidine rings is 1. The Bertz CT molecular complexity index is 535. The van der Waals surface area contributed by atoms with Crippen molar-refractivity contribution in [3.05, 3.63) is 18.3 Å². The molecule has 0 spiro atoms. The molecular weight excluding hydrogens is 306 g/mol. The number of hydrogen-bond acceptors (Lipinski definition) is 6. The first-order valence-electron chi connectivity index (χ1n) is 8.79. The van der Waals surface area contributed by atoms with Crippen molar-refractivity contribution >= 4 is 11.7 Å². The lowest BCUT2D eigenvalue weighted by Gasteiger charge is -2.39. The molecule has 2 atom stereocenters. The number of rotatable bonds is 4. The second-order valence-electron chi connectivity index (χ2n) is 6.75. The van der Waals surface area contributed by atoms with Gasteiger partial charge in [0, 0.05) is 45.6 Å². The fourth-order valence-electron chi connectivity index (χ4n) is 3.63. The van der Waals surface area contributed by atoms with E-state index < -0.39 is 6.04 Å². The molecule has 2 N–H and O–H groups in total. The van der Waals surface area contributed by atoms with Gasteiger partial charge in [0.05, 0.1) is 6.04 Å². The minimum atomic E-state index is -0.425. The molecule has 7 nitrogen and oxygen atoms in total. The Balaban J connectivity index is 1.61. The highest BCUT2D eigenvalue weighted by Gasteiger charge is 2.33. The summed E-state index contributed by atoms with van der Waals surface area (Å²) in [5.74, 6) is 1.15. The van der Waals surface area contributed by atoms with Gasteiger partial charge in [-0.15, -0.1) is 5.10 Å². The Morgan fingerprint density at radius 3 is 2.92 bits per heavy atom. The second-order valence-corrected chi connectivity index (χ2v) is 6.75. The predicted molar refractivity (Wildman–Crippen MR) is 91.6 cm³/mol. The van der Waals surface area contributed by atoms with Crippen LogP contribution in [0.3, 0.4) is 0 Å². The van der Waals surface area contributed by atoms with E-state index in [0.29, 0.717) is 13.2 Å². The standard InChI is InChI=1S/C17H27N5O2/c1-21(17(23)16(18)13-6-10-24-11-7-13)14-4-3-9-22(12-14)15-5-2-8-19-20-15/h2,5,8,13-14,16H,3-4,6-7,9-12,18H2,1H3. The summed E-state index contributed by atoms with van der Waals surface area (Å²) in [5.41, 5.74) is 6.26. The van der Waals surface area contributed by atoms with E-state index in [-0.39, 0.29) is 17.9 Å². The summed E-state index contributed by atoms with van der Waals surface area (Å²) in [7, 11) is 1.88. The van der Waals surface area contributed by atoms with Gasteiger partial charge >= 0.3 is 0 Å². The van der Waals surface area contributed by atoms with E-state index >= 15 is 0 Å². The summed E-state index contributed by atoms with van der Waals surface area (Å²) in [6.45, 7) is 3.14. The number of ether oxygens (including phenoxy) is 1. The summed E-state index contributed by atoms with van der Waals surface area (Å²) in [4.78, 5) is 16.8. The molecule has 1 aromatic rings. The first kappa shape index (κ1) is 17.1. The molecule has 3 heterocycles. The maximum atomic E-state index is 12.8. The molecule has 0 saturated carbocycles. The molecule has 3 rings (SSSR count). The lowest BCUT2D eigenvalue weighted by atomic mass is 9.91. The SMILES string of the molecule is CN(C(=O)C(N)C1CCOCC1)C1CCCN(c2cccnn2)C1. The number of nitrogens with two attached hydrogens (primary N) is 1. The van der Waals surface area contributed by atoms with Gasteiger partial charge in [-0.05, 0) is 43.7 Å². The van der Waals surface area contributed by atoms with E-state index in [1.807, 2.05) is 24.1 Å². The number of aromatic nitrogens is 2.